The Labute approximate surface area is 125 Å². The van der Waals surface area contributed by atoms with Crippen molar-refractivity contribution in [2.24, 2.45) is 7.05 Å². The SMILES string of the molecule is COC(=O)CCN(C)S(=O)(=O)NC(C)c1cnn(C)c1C. The maximum atomic E-state index is 12.2. The van der Waals surface area contributed by atoms with Crippen LogP contribution in [0.1, 0.15) is 30.6 Å². The number of aromatic nitrogens is 2. The summed E-state index contributed by atoms with van der Waals surface area (Å²) in [6.07, 6.45) is 1.64. The van der Waals surface area contributed by atoms with Crippen LogP contribution in [0.3, 0.4) is 0 Å². The van der Waals surface area contributed by atoms with Crippen LogP contribution in [0, 0.1) is 6.92 Å². The Balaban J connectivity index is 2.71. The van der Waals surface area contributed by atoms with Crippen LogP contribution in [0.4, 0.5) is 0 Å². The van der Waals surface area contributed by atoms with E-state index in [0.717, 1.165) is 15.6 Å². The topological polar surface area (TPSA) is 93.5 Å². The second-order valence-corrected chi connectivity index (χ2v) is 6.61. The summed E-state index contributed by atoms with van der Waals surface area (Å²) in [4.78, 5) is 11.1. The fourth-order valence-electron chi connectivity index (χ4n) is 1.79. The minimum absolute atomic E-state index is 0.00815. The molecule has 1 aromatic rings. The lowest BCUT2D eigenvalue weighted by Gasteiger charge is -2.20. The maximum absolute atomic E-state index is 12.2. The van der Waals surface area contributed by atoms with Crippen molar-refractivity contribution in [1.82, 2.24) is 18.8 Å². The van der Waals surface area contributed by atoms with Gasteiger partial charge in [0.1, 0.15) is 0 Å². The fraction of sp³-hybridized carbons (Fsp3) is 0.667. The molecule has 0 aliphatic rings. The Morgan fingerprint density at radius 1 is 1.57 bits per heavy atom. The minimum Gasteiger partial charge on any atom is -0.469 e. The highest BCUT2D eigenvalue weighted by Crippen LogP contribution is 2.17. The molecule has 0 radical (unpaired) electrons. The van der Waals surface area contributed by atoms with E-state index in [9.17, 15) is 13.2 Å². The first kappa shape index (κ1) is 17.6. The molecule has 21 heavy (non-hydrogen) atoms. The van der Waals surface area contributed by atoms with Crippen LogP contribution in [0.5, 0.6) is 0 Å². The summed E-state index contributed by atoms with van der Waals surface area (Å²) in [5, 5.41) is 4.09. The number of hydrogen-bond acceptors (Lipinski definition) is 5. The van der Waals surface area contributed by atoms with Crippen LogP contribution in [-0.4, -0.2) is 49.2 Å². The summed E-state index contributed by atoms with van der Waals surface area (Å²) in [5.41, 5.74) is 1.70. The van der Waals surface area contributed by atoms with Gasteiger partial charge in [0, 0.05) is 37.9 Å². The number of rotatable bonds is 7. The van der Waals surface area contributed by atoms with E-state index in [1.807, 2.05) is 6.92 Å². The van der Waals surface area contributed by atoms with E-state index >= 15 is 0 Å². The van der Waals surface area contributed by atoms with Crippen molar-refractivity contribution in [3.63, 3.8) is 0 Å². The molecule has 0 bridgehead atoms. The van der Waals surface area contributed by atoms with E-state index in [2.05, 4.69) is 14.6 Å². The van der Waals surface area contributed by atoms with Crippen LogP contribution >= 0.6 is 0 Å². The molecule has 1 heterocycles. The molecule has 1 atom stereocenters. The first-order chi connectivity index (χ1) is 9.69. The Hall–Kier alpha value is -1.45. The molecule has 1 N–H and O–H groups in total. The summed E-state index contributed by atoms with van der Waals surface area (Å²) >= 11 is 0. The van der Waals surface area contributed by atoms with Crippen molar-refractivity contribution in [2.45, 2.75) is 26.3 Å². The summed E-state index contributed by atoms with van der Waals surface area (Å²) in [5.74, 6) is -0.451. The fourth-order valence-corrected chi connectivity index (χ4v) is 2.87. The lowest BCUT2D eigenvalue weighted by molar-refractivity contribution is -0.140. The van der Waals surface area contributed by atoms with Crippen LogP contribution in [0.15, 0.2) is 6.20 Å². The van der Waals surface area contributed by atoms with Crippen molar-refractivity contribution in [2.75, 3.05) is 20.7 Å². The third-order valence-electron chi connectivity index (χ3n) is 3.33. The van der Waals surface area contributed by atoms with Crippen LogP contribution in [0.2, 0.25) is 0 Å². The van der Waals surface area contributed by atoms with E-state index in [1.54, 1.807) is 24.9 Å². The van der Waals surface area contributed by atoms with Gasteiger partial charge in [-0.1, -0.05) is 0 Å². The van der Waals surface area contributed by atoms with Crippen molar-refractivity contribution in [3.8, 4) is 0 Å². The zero-order chi connectivity index (χ0) is 16.2. The molecule has 1 rings (SSSR count). The van der Waals surface area contributed by atoms with Gasteiger partial charge in [-0.15, -0.1) is 0 Å². The molecule has 0 amide bonds. The number of carbonyl (C=O) groups excluding carboxylic acids is 1. The van der Waals surface area contributed by atoms with Gasteiger partial charge in [-0.05, 0) is 13.8 Å². The number of methoxy groups -OCH3 is 1. The zero-order valence-corrected chi connectivity index (χ0v) is 13.8. The van der Waals surface area contributed by atoms with Gasteiger partial charge in [-0.2, -0.15) is 22.5 Å². The highest BCUT2D eigenvalue weighted by molar-refractivity contribution is 7.87. The third kappa shape index (κ3) is 4.51. The Kier molecular flexibility index (Phi) is 5.87. The molecule has 8 nitrogen and oxygen atoms in total. The molecule has 0 aliphatic heterocycles. The van der Waals surface area contributed by atoms with Crippen molar-refractivity contribution < 1.29 is 17.9 Å². The lowest BCUT2D eigenvalue weighted by atomic mass is 10.1. The van der Waals surface area contributed by atoms with Gasteiger partial charge in [0.25, 0.3) is 10.2 Å². The van der Waals surface area contributed by atoms with Crippen LogP contribution in [-0.2, 0) is 26.8 Å². The molecular weight excluding hydrogens is 296 g/mol. The predicted octanol–water partition coefficient (Wildman–Crippen LogP) is 0.119. The molecular formula is C12H22N4O4S. The summed E-state index contributed by atoms with van der Waals surface area (Å²) in [6.45, 7) is 3.67. The lowest BCUT2D eigenvalue weighted by Crippen LogP contribution is -2.40. The number of ether oxygens (including phenoxy) is 1. The molecule has 0 aromatic carbocycles. The normalized spacial score (nSPS) is 13.4. The quantitative estimate of drug-likeness (QED) is 0.721. The molecule has 0 spiro atoms. The van der Waals surface area contributed by atoms with E-state index in [4.69, 9.17) is 0 Å². The van der Waals surface area contributed by atoms with Gasteiger partial charge in [0.2, 0.25) is 0 Å². The van der Waals surface area contributed by atoms with Gasteiger partial charge in [0.15, 0.2) is 0 Å². The molecule has 0 aliphatic carbocycles. The minimum atomic E-state index is -3.68. The monoisotopic (exact) mass is 318 g/mol. The number of hydrogen-bond donors (Lipinski definition) is 1. The van der Waals surface area contributed by atoms with Gasteiger partial charge < -0.3 is 4.74 Å². The van der Waals surface area contributed by atoms with Crippen molar-refractivity contribution in [1.29, 1.82) is 0 Å². The van der Waals surface area contributed by atoms with Crippen molar-refractivity contribution in [3.05, 3.63) is 17.5 Å². The highest BCUT2D eigenvalue weighted by Gasteiger charge is 2.23. The first-order valence-electron chi connectivity index (χ1n) is 6.48. The van der Waals surface area contributed by atoms with Gasteiger partial charge in [-0.3, -0.25) is 9.48 Å². The number of carbonyl (C=O) groups is 1. The van der Waals surface area contributed by atoms with Gasteiger partial charge in [-0.25, -0.2) is 0 Å². The van der Waals surface area contributed by atoms with Crippen LogP contribution in [0.25, 0.3) is 0 Å². The highest BCUT2D eigenvalue weighted by atomic mass is 32.2. The second kappa shape index (κ2) is 7.01. The molecule has 9 heteroatoms. The van der Waals surface area contributed by atoms with Gasteiger partial charge in [0.05, 0.1) is 19.7 Å². The average molecular weight is 318 g/mol. The maximum Gasteiger partial charge on any atom is 0.306 e. The van der Waals surface area contributed by atoms with Crippen LogP contribution < -0.4 is 4.72 Å². The number of aryl methyl sites for hydroxylation is 1. The second-order valence-electron chi connectivity index (χ2n) is 4.80. The van der Waals surface area contributed by atoms with E-state index in [-0.39, 0.29) is 13.0 Å². The summed E-state index contributed by atoms with van der Waals surface area (Å²) in [6, 6.07) is -0.413. The zero-order valence-electron chi connectivity index (χ0n) is 13.0. The number of nitrogens with zero attached hydrogens (tertiary/aromatic N) is 3. The Morgan fingerprint density at radius 2 is 2.19 bits per heavy atom. The molecule has 0 fully saturated rings. The molecule has 0 saturated heterocycles. The summed E-state index contributed by atoms with van der Waals surface area (Å²) in [7, 11) is 0.791. The largest absolute Gasteiger partial charge is 0.469 e. The number of esters is 1. The standard InChI is InChI=1S/C12H22N4O4S/c1-9(11-8-13-16(4)10(11)2)14-21(18,19)15(3)7-6-12(17)20-5/h8-9,14H,6-7H2,1-5H3. The Bertz CT molecular complexity index is 596. The molecule has 1 aromatic heterocycles. The smallest absolute Gasteiger partial charge is 0.306 e. The average Bonchev–Trinajstić information content (AvgIpc) is 2.75. The van der Waals surface area contributed by atoms with E-state index in [1.165, 1.54) is 14.2 Å². The van der Waals surface area contributed by atoms with E-state index in [0.29, 0.717) is 0 Å². The molecule has 120 valence electrons. The molecule has 0 saturated carbocycles. The first-order valence-corrected chi connectivity index (χ1v) is 7.92. The Morgan fingerprint density at radius 3 is 2.67 bits per heavy atom. The number of nitrogens with one attached hydrogen (secondary N) is 1. The summed E-state index contributed by atoms with van der Waals surface area (Å²) < 4.78 is 34.2. The predicted molar refractivity (Wildman–Crippen MR) is 77.7 cm³/mol. The van der Waals surface area contributed by atoms with E-state index < -0.39 is 22.2 Å². The third-order valence-corrected chi connectivity index (χ3v) is 4.99. The van der Waals surface area contributed by atoms with Crippen molar-refractivity contribution >= 4 is 16.2 Å². The molecule has 1 unspecified atom stereocenters. The van der Waals surface area contributed by atoms with Gasteiger partial charge >= 0.3 is 5.97 Å².